The summed E-state index contributed by atoms with van der Waals surface area (Å²) in [4.78, 5) is 25.3. The minimum absolute atomic E-state index is 0.0926. The number of amides is 1. The van der Waals surface area contributed by atoms with E-state index in [0.29, 0.717) is 38.5 Å². The number of rotatable bonds is 3. The van der Waals surface area contributed by atoms with Gasteiger partial charge in [-0.2, -0.15) is 0 Å². The molecular formula is C17H27NO6. The van der Waals surface area contributed by atoms with E-state index in [1.165, 1.54) is 4.90 Å². The van der Waals surface area contributed by atoms with Crippen molar-refractivity contribution in [1.29, 1.82) is 0 Å². The first-order valence-electron chi connectivity index (χ1n) is 8.51. The largest absolute Gasteiger partial charge is 0.480 e. The third-order valence-electron chi connectivity index (χ3n) is 5.46. The predicted octanol–water partition coefficient (Wildman–Crippen LogP) is 1.51. The van der Waals surface area contributed by atoms with Gasteiger partial charge in [0.2, 0.25) is 0 Å². The molecule has 0 radical (unpaired) electrons. The van der Waals surface area contributed by atoms with Gasteiger partial charge in [-0.1, -0.05) is 0 Å². The summed E-state index contributed by atoms with van der Waals surface area (Å²) in [5, 5.41) is 31.0. The van der Waals surface area contributed by atoms with Crippen LogP contribution in [0, 0.1) is 5.92 Å². The standard InChI is InChI=1S/C17H27NO6/c1-14(2,3)24-13(21)18(7-12(19)20)15-4-11-5-16(22,8-15)10-17(23,6-11)9-15/h11,22-23H,4-10H2,1-3H3,(H,19,20)/t11?,15?,16-,17?/m0/s1. The summed E-state index contributed by atoms with van der Waals surface area (Å²) in [5.41, 5.74) is -3.67. The van der Waals surface area contributed by atoms with Crippen LogP contribution in [-0.2, 0) is 9.53 Å². The number of nitrogens with zero attached hydrogens (tertiary/aromatic N) is 1. The summed E-state index contributed by atoms with van der Waals surface area (Å²) in [6, 6.07) is 0. The van der Waals surface area contributed by atoms with Crippen molar-refractivity contribution in [3.63, 3.8) is 0 Å². The number of ether oxygens (including phenoxy) is 1. The lowest BCUT2D eigenvalue weighted by atomic mass is 9.49. The van der Waals surface area contributed by atoms with Gasteiger partial charge in [-0.3, -0.25) is 9.69 Å². The van der Waals surface area contributed by atoms with E-state index in [1.807, 2.05) is 0 Å². The highest BCUT2D eigenvalue weighted by molar-refractivity contribution is 5.78. The van der Waals surface area contributed by atoms with Gasteiger partial charge in [-0.05, 0) is 58.8 Å². The topological polar surface area (TPSA) is 107 Å². The normalized spacial score (nSPS) is 40.5. The van der Waals surface area contributed by atoms with E-state index in [-0.39, 0.29) is 5.92 Å². The molecule has 0 spiro atoms. The van der Waals surface area contributed by atoms with Crippen LogP contribution in [0.4, 0.5) is 4.79 Å². The van der Waals surface area contributed by atoms with E-state index in [0.717, 1.165) is 0 Å². The Morgan fingerprint density at radius 1 is 1.08 bits per heavy atom. The molecule has 0 saturated heterocycles. The van der Waals surface area contributed by atoms with Crippen LogP contribution in [-0.4, -0.2) is 61.2 Å². The summed E-state index contributed by atoms with van der Waals surface area (Å²) in [6.45, 7) is 4.69. The van der Waals surface area contributed by atoms with Crippen molar-refractivity contribution in [3.8, 4) is 0 Å². The van der Waals surface area contributed by atoms with Crippen LogP contribution >= 0.6 is 0 Å². The van der Waals surface area contributed by atoms with Crippen molar-refractivity contribution in [2.45, 2.75) is 81.6 Å². The number of carbonyl (C=O) groups is 2. The Balaban J connectivity index is 1.95. The van der Waals surface area contributed by atoms with Crippen molar-refractivity contribution < 1.29 is 29.6 Å². The van der Waals surface area contributed by atoms with Gasteiger partial charge in [0.1, 0.15) is 12.1 Å². The summed E-state index contributed by atoms with van der Waals surface area (Å²) in [7, 11) is 0. The van der Waals surface area contributed by atoms with Gasteiger partial charge in [-0.25, -0.2) is 4.79 Å². The van der Waals surface area contributed by atoms with E-state index >= 15 is 0 Å². The molecular weight excluding hydrogens is 314 g/mol. The van der Waals surface area contributed by atoms with E-state index in [4.69, 9.17) is 4.74 Å². The molecule has 0 aromatic carbocycles. The number of hydrogen-bond donors (Lipinski definition) is 3. The monoisotopic (exact) mass is 341 g/mol. The third kappa shape index (κ3) is 3.11. The molecule has 4 aliphatic rings. The van der Waals surface area contributed by atoms with E-state index in [9.17, 15) is 24.9 Å². The van der Waals surface area contributed by atoms with Crippen LogP contribution in [0.3, 0.4) is 0 Å². The maximum absolute atomic E-state index is 12.7. The highest BCUT2D eigenvalue weighted by Crippen LogP contribution is 2.61. The fourth-order valence-electron chi connectivity index (χ4n) is 5.47. The molecule has 3 unspecified atom stereocenters. The highest BCUT2D eigenvalue weighted by Gasteiger charge is 2.65. The molecule has 4 fully saturated rings. The zero-order valence-electron chi connectivity index (χ0n) is 14.5. The number of hydrogen-bond acceptors (Lipinski definition) is 5. The van der Waals surface area contributed by atoms with Gasteiger partial charge in [0.25, 0.3) is 0 Å². The smallest absolute Gasteiger partial charge is 0.411 e. The first-order valence-corrected chi connectivity index (χ1v) is 8.51. The average molecular weight is 341 g/mol. The molecule has 0 aliphatic heterocycles. The number of carbonyl (C=O) groups excluding carboxylic acids is 1. The molecule has 4 atom stereocenters. The maximum atomic E-state index is 12.7. The number of aliphatic carboxylic acids is 1. The molecule has 7 heteroatoms. The predicted molar refractivity (Wildman–Crippen MR) is 84.4 cm³/mol. The molecule has 4 saturated carbocycles. The van der Waals surface area contributed by atoms with E-state index < -0.39 is 40.9 Å². The summed E-state index contributed by atoms with van der Waals surface area (Å²) < 4.78 is 5.42. The summed E-state index contributed by atoms with van der Waals surface area (Å²) >= 11 is 0. The second-order valence-electron chi connectivity index (χ2n) is 9.14. The Morgan fingerprint density at radius 2 is 1.62 bits per heavy atom. The average Bonchev–Trinajstić information content (AvgIpc) is 2.28. The molecule has 7 nitrogen and oxygen atoms in total. The molecule has 24 heavy (non-hydrogen) atoms. The number of carboxylic acid groups (broad SMARTS) is 1. The molecule has 4 rings (SSSR count). The lowest BCUT2D eigenvalue weighted by Crippen LogP contribution is -2.72. The zero-order chi connectivity index (χ0) is 18.0. The number of aliphatic hydroxyl groups is 2. The van der Waals surface area contributed by atoms with Crippen LogP contribution in [0.1, 0.15) is 59.3 Å². The minimum atomic E-state index is -1.13. The second-order valence-corrected chi connectivity index (χ2v) is 9.14. The maximum Gasteiger partial charge on any atom is 0.411 e. The van der Waals surface area contributed by atoms with Crippen molar-refractivity contribution >= 4 is 12.1 Å². The molecule has 0 aromatic heterocycles. The lowest BCUT2D eigenvalue weighted by molar-refractivity contribution is -0.231. The Labute approximate surface area is 141 Å². The highest BCUT2D eigenvalue weighted by atomic mass is 16.6. The Bertz CT molecular complexity index is 550. The van der Waals surface area contributed by atoms with Crippen LogP contribution in [0.2, 0.25) is 0 Å². The Morgan fingerprint density at radius 3 is 2.04 bits per heavy atom. The SMILES string of the molecule is CC(C)(C)OC(=O)N(CC(=O)O)C12CC3CC(O)(C1)C[C@](O)(C3)C2. The van der Waals surface area contributed by atoms with Crippen molar-refractivity contribution in [2.24, 2.45) is 5.92 Å². The molecule has 136 valence electrons. The van der Waals surface area contributed by atoms with Crippen molar-refractivity contribution in [3.05, 3.63) is 0 Å². The first kappa shape index (κ1) is 17.5. The van der Waals surface area contributed by atoms with Crippen molar-refractivity contribution in [2.75, 3.05) is 6.54 Å². The molecule has 4 bridgehead atoms. The fourth-order valence-corrected chi connectivity index (χ4v) is 5.47. The van der Waals surface area contributed by atoms with E-state index in [2.05, 4.69) is 0 Å². The van der Waals surface area contributed by atoms with Crippen LogP contribution in [0.15, 0.2) is 0 Å². The molecule has 4 aliphatic carbocycles. The quantitative estimate of drug-likeness (QED) is 0.718. The molecule has 0 aromatic rings. The molecule has 0 heterocycles. The minimum Gasteiger partial charge on any atom is -0.480 e. The van der Waals surface area contributed by atoms with Crippen LogP contribution in [0.25, 0.3) is 0 Å². The van der Waals surface area contributed by atoms with Gasteiger partial charge in [0.05, 0.1) is 16.7 Å². The van der Waals surface area contributed by atoms with Gasteiger partial charge in [0, 0.05) is 6.42 Å². The fraction of sp³-hybridized carbons (Fsp3) is 0.882. The van der Waals surface area contributed by atoms with Gasteiger partial charge >= 0.3 is 12.1 Å². The van der Waals surface area contributed by atoms with Gasteiger partial charge in [-0.15, -0.1) is 0 Å². The molecule has 3 N–H and O–H groups in total. The summed E-state index contributed by atoms with van der Waals surface area (Å²) in [6.07, 6.45) is 2.01. The zero-order valence-corrected chi connectivity index (χ0v) is 14.5. The van der Waals surface area contributed by atoms with Crippen molar-refractivity contribution in [1.82, 2.24) is 4.90 Å². The van der Waals surface area contributed by atoms with Crippen LogP contribution < -0.4 is 0 Å². The van der Waals surface area contributed by atoms with Gasteiger partial charge in [0.15, 0.2) is 0 Å². The van der Waals surface area contributed by atoms with E-state index in [1.54, 1.807) is 20.8 Å². The number of carboxylic acids is 1. The van der Waals surface area contributed by atoms with Gasteiger partial charge < -0.3 is 20.1 Å². The second kappa shape index (κ2) is 5.08. The van der Waals surface area contributed by atoms with Crippen LogP contribution in [0.5, 0.6) is 0 Å². The summed E-state index contributed by atoms with van der Waals surface area (Å²) in [5.74, 6) is -1.04. The Kier molecular flexibility index (Phi) is 3.70. The molecule has 1 amide bonds. The third-order valence-corrected chi connectivity index (χ3v) is 5.46. The first-order chi connectivity index (χ1) is 10.8. The lowest BCUT2D eigenvalue weighted by Gasteiger charge is -2.65. The Hall–Kier alpha value is -1.34.